The van der Waals surface area contributed by atoms with E-state index in [4.69, 9.17) is 27.9 Å². The van der Waals surface area contributed by atoms with Crippen LogP contribution in [0.2, 0.25) is 10.0 Å². The minimum Gasteiger partial charge on any atom is -0.449 e. The van der Waals surface area contributed by atoms with Crippen molar-refractivity contribution in [1.82, 2.24) is 4.98 Å². The van der Waals surface area contributed by atoms with Crippen molar-refractivity contribution in [1.29, 1.82) is 0 Å². The number of ether oxygens (including phenoxy) is 1. The maximum atomic E-state index is 12.3. The van der Waals surface area contributed by atoms with Crippen LogP contribution >= 0.6 is 23.2 Å². The highest BCUT2D eigenvalue weighted by molar-refractivity contribution is 6.35. The van der Waals surface area contributed by atoms with Gasteiger partial charge < -0.3 is 15.0 Å². The fourth-order valence-corrected chi connectivity index (χ4v) is 2.91. The van der Waals surface area contributed by atoms with E-state index in [0.29, 0.717) is 21.3 Å². The number of esters is 1. The molecule has 25 heavy (non-hydrogen) atoms. The third-order valence-electron chi connectivity index (χ3n) is 3.59. The first-order valence-corrected chi connectivity index (χ1v) is 8.23. The van der Waals surface area contributed by atoms with Crippen molar-refractivity contribution in [2.45, 2.75) is 13.0 Å². The first-order valence-electron chi connectivity index (χ1n) is 7.48. The number of aromatic nitrogens is 1. The summed E-state index contributed by atoms with van der Waals surface area (Å²) in [5.74, 6) is -1.06. The number of anilines is 1. The van der Waals surface area contributed by atoms with Crippen molar-refractivity contribution in [2.75, 3.05) is 5.32 Å². The molecular weight excluding hydrogens is 363 g/mol. The van der Waals surface area contributed by atoms with Crippen molar-refractivity contribution in [3.8, 4) is 0 Å². The number of halogens is 2. The number of hydrogen-bond donors (Lipinski definition) is 2. The van der Waals surface area contributed by atoms with Crippen LogP contribution < -0.4 is 5.32 Å². The second kappa shape index (κ2) is 7.17. The number of para-hydroxylation sites is 1. The third-order valence-corrected chi connectivity index (χ3v) is 4.03. The number of amides is 1. The Balaban J connectivity index is 1.69. The predicted octanol–water partition coefficient (Wildman–Crippen LogP) is 4.66. The summed E-state index contributed by atoms with van der Waals surface area (Å²) in [6.45, 7) is 1.49. The topological polar surface area (TPSA) is 71.2 Å². The molecule has 0 aliphatic rings. The number of aromatic amines is 1. The van der Waals surface area contributed by atoms with Crippen molar-refractivity contribution in [3.63, 3.8) is 0 Å². The molecule has 3 rings (SSSR count). The lowest BCUT2D eigenvalue weighted by Gasteiger charge is -2.13. The van der Waals surface area contributed by atoms with E-state index in [1.54, 1.807) is 30.5 Å². The van der Waals surface area contributed by atoms with Gasteiger partial charge in [-0.3, -0.25) is 4.79 Å². The van der Waals surface area contributed by atoms with Crippen molar-refractivity contribution in [2.24, 2.45) is 0 Å². The molecule has 3 aromatic rings. The third kappa shape index (κ3) is 3.95. The molecule has 0 bridgehead atoms. The molecule has 0 fully saturated rings. The second-order valence-electron chi connectivity index (χ2n) is 5.44. The molecular formula is C18H14Cl2N2O3. The van der Waals surface area contributed by atoms with Crippen LogP contribution in [0.5, 0.6) is 0 Å². The molecule has 0 unspecified atom stereocenters. The van der Waals surface area contributed by atoms with Crippen LogP contribution in [0.25, 0.3) is 10.9 Å². The molecule has 1 aromatic heterocycles. The van der Waals surface area contributed by atoms with Crippen LogP contribution in [0.3, 0.4) is 0 Å². The molecule has 0 saturated carbocycles. The smallest absolute Gasteiger partial charge is 0.341 e. The van der Waals surface area contributed by atoms with Gasteiger partial charge in [-0.2, -0.15) is 0 Å². The predicted molar refractivity (Wildman–Crippen MR) is 98.3 cm³/mol. The van der Waals surface area contributed by atoms with Crippen LogP contribution in [0, 0.1) is 0 Å². The number of hydrogen-bond acceptors (Lipinski definition) is 3. The number of fused-ring (bicyclic) bond motifs is 1. The molecule has 128 valence electrons. The number of benzene rings is 2. The molecule has 0 aliphatic heterocycles. The maximum absolute atomic E-state index is 12.3. The van der Waals surface area contributed by atoms with Gasteiger partial charge in [0, 0.05) is 32.8 Å². The van der Waals surface area contributed by atoms with Gasteiger partial charge >= 0.3 is 5.97 Å². The normalized spacial score (nSPS) is 12.0. The molecule has 0 spiro atoms. The van der Waals surface area contributed by atoms with E-state index in [2.05, 4.69) is 10.3 Å². The van der Waals surface area contributed by atoms with Gasteiger partial charge in [-0.1, -0.05) is 41.4 Å². The Kier molecular flexibility index (Phi) is 4.97. The van der Waals surface area contributed by atoms with E-state index in [1.807, 2.05) is 18.2 Å². The Morgan fingerprint density at radius 1 is 1.12 bits per heavy atom. The van der Waals surface area contributed by atoms with E-state index in [0.717, 1.165) is 10.9 Å². The van der Waals surface area contributed by atoms with Crippen LogP contribution in [0.15, 0.2) is 48.7 Å². The Hall–Kier alpha value is -2.50. The van der Waals surface area contributed by atoms with Gasteiger partial charge in [-0.15, -0.1) is 0 Å². The Morgan fingerprint density at radius 2 is 1.80 bits per heavy atom. The van der Waals surface area contributed by atoms with Crippen LogP contribution in [-0.2, 0) is 9.53 Å². The standard InChI is InChI=1S/C18H14Cl2N2O3/c1-10(17(23)22-13-7-11(19)6-12(20)8-13)25-18(24)15-9-21-16-5-3-2-4-14(15)16/h2-10,21H,1H3,(H,22,23)/t10-/m1/s1. The number of H-pyrrole nitrogens is 1. The minimum atomic E-state index is -0.987. The summed E-state index contributed by atoms with van der Waals surface area (Å²) in [7, 11) is 0. The number of carbonyl (C=O) groups excluding carboxylic acids is 2. The molecule has 0 saturated heterocycles. The fraction of sp³-hybridized carbons (Fsp3) is 0.111. The first kappa shape index (κ1) is 17.3. The average Bonchev–Trinajstić information content (AvgIpc) is 2.97. The van der Waals surface area contributed by atoms with Crippen LogP contribution in [0.4, 0.5) is 5.69 Å². The lowest BCUT2D eigenvalue weighted by Crippen LogP contribution is -2.29. The Labute approximate surface area is 153 Å². The van der Waals surface area contributed by atoms with Crippen LogP contribution in [-0.4, -0.2) is 23.0 Å². The van der Waals surface area contributed by atoms with E-state index >= 15 is 0 Å². The maximum Gasteiger partial charge on any atom is 0.341 e. The summed E-state index contributed by atoms with van der Waals surface area (Å²) in [5, 5.41) is 4.15. The van der Waals surface area contributed by atoms with Gasteiger partial charge in [-0.05, 0) is 31.2 Å². The molecule has 2 N–H and O–H groups in total. The lowest BCUT2D eigenvalue weighted by molar-refractivity contribution is -0.123. The number of rotatable bonds is 4. The quantitative estimate of drug-likeness (QED) is 0.650. The van der Waals surface area contributed by atoms with Crippen molar-refractivity contribution in [3.05, 3.63) is 64.3 Å². The molecule has 1 amide bonds. The molecule has 7 heteroatoms. The van der Waals surface area contributed by atoms with E-state index in [9.17, 15) is 9.59 Å². The molecule has 1 atom stereocenters. The van der Waals surface area contributed by atoms with Crippen molar-refractivity contribution < 1.29 is 14.3 Å². The minimum absolute atomic E-state index is 0.376. The fourth-order valence-electron chi connectivity index (χ4n) is 2.39. The lowest BCUT2D eigenvalue weighted by atomic mass is 10.2. The van der Waals surface area contributed by atoms with Gasteiger partial charge in [0.2, 0.25) is 0 Å². The molecule has 2 aromatic carbocycles. The molecule has 1 heterocycles. The van der Waals surface area contributed by atoms with Gasteiger partial charge in [0.05, 0.1) is 5.56 Å². The molecule has 0 aliphatic carbocycles. The zero-order valence-electron chi connectivity index (χ0n) is 13.2. The number of nitrogens with one attached hydrogen (secondary N) is 2. The highest BCUT2D eigenvalue weighted by atomic mass is 35.5. The summed E-state index contributed by atoms with van der Waals surface area (Å²) in [6.07, 6.45) is 0.577. The van der Waals surface area contributed by atoms with Gasteiger partial charge in [0.1, 0.15) is 0 Å². The van der Waals surface area contributed by atoms with E-state index in [-0.39, 0.29) is 0 Å². The van der Waals surface area contributed by atoms with Gasteiger partial charge in [0.25, 0.3) is 5.91 Å². The summed E-state index contributed by atoms with van der Waals surface area (Å²) in [5.41, 5.74) is 1.62. The Morgan fingerprint density at radius 3 is 2.52 bits per heavy atom. The monoisotopic (exact) mass is 376 g/mol. The summed E-state index contributed by atoms with van der Waals surface area (Å²) < 4.78 is 5.26. The van der Waals surface area contributed by atoms with Crippen molar-refractivity contribution >= 4 is 51.7 Å². The number of carbonyl (C=O) groups is 2. The summed E-state index contributed by atoms with van der Waals surface area (Å²) in [6, 6.07) is 12.0. The Bertz CT molecular complexity index is 932. The summed E-state index contributed by atoms with van der Waals surface area (Å²) in [4.78, 5) is 27.5. The van der Waals surface area contributed by atoms with E-state index < -0.39 is 18.0 Å². The zero-order valence-corrected chi connectivity index (χ0v) is 14.7. The second-order valence-corrected chi connectivity index (χ2v) is 6.32. The molecule has 0 radical (unpaired) electrons. The molecule has 5 nitrogen and oxygen atoms in total. The largest absolute Gasteiger partial charge is 0.449 e. The van der Waals surface area contributed by atoms with Gasteiger partial charge in [0.15, 0.2) is 6.10 Å². The van der Waals surface area contributed by atoms with E-state index in [1.165, 1.54) is 6.92 Å². The first-order chi connectivity index (χ1) is 11.9. The van der Waals surface area contributed by atoms with Crippen LogP contribution in [0.1, 0.15) is 17.3 Å². The van der Waals surface area contributed by atoms with Gasteiger partial charge in [-0.25, -0.2) is 4.79 Å². The average molecular weight is 377 g/mol. The highest BCUT2D eigenvalue weighted by Crippen LogP contribution is 2.23. The summed E-state index contributed by atoms with van der Waals surface area (Å²) >= 11 is 11.8. The highest BCUT2D eigenvalue weighted by Gasteiger charge is 2.21. The SMILES string of the molecule is C[C@@H](OC(=O)c1c[nH]c2ccccc12)C(=O)Nc1cc(Cl)cc(Cl)c1. The zero-order chi connectivity index (χ0) is 18.0.